The van der Waals surface area contributed by atoms with Crippen molar-refractivity contribution in [3.8, 4) is 11.5 Å². The molecule has 192 valence electrons. The Morgan fingerprint density at radius 2 is 1.81 bits per heavy atom. The molecule has 0 aromatic heterocycles. The first-order valence-corrected chi connectivity index (χ1v) is 12.5. The number of nitrogens with zero attached hydrogens (tertiary/aromatic N) is 2. The second-order valence-corrected chi connectivity index (χ2v) is 8.95. The summed E-state index contributed by atoms with van der Waals surface area (Å²) in [5.74, 6) is -0.182. The third kappa shape index (κ3) is 5.71. The van der Waals surface area contributed by atoms with Crippen LogP contribution in [0.5, 0.6) is 11.5 Å². The number of aliphatic hydroxyl groups is 1. The molecule has 0 radical (unpaired) electrons. The van der Waals surface area contributed by atoms with E-state index in [1.54, 1.807) is 36.3 Å². The number of ether oxygens (including phenoxy) is 3. The lowest BCUT2D eigenvalue weighted by Crippen LogP contribution is -2.38. The van der Waals surface area contributed by atoms with E-state index in [9.17, 15) is 14.7 Å². The largest absolute Gasteiger partial charge is 0.507 e. The Labute approximate surface area is 212 Å². The summed E-state index contributed by atoms with van der Waals surface area (Å²) >= 11 is 0. The molecule has 8 heteroatoms. The first-order chi connectivity index (χ1) is 17.5. The second kappa shape index (κ2) is 12.1. The Hall–Kier alpha value is -3.36. The topological polar surface area (TPSA) is 88.5 Å². The predicted molar refractivity (Wildman–Crippen MR) is 136 cm³/mol. The number of morpholine rings is 1. The zero-order valence-electron chi connectivity index (χ0n) is 20.9. The van der Waals surface area contributed by atoms with Gasteiger partial charge in [-0.15, -0.1) is 0 Å². The molecule has 0 bridgehead atoms. The number of carbonyl (C=O) groups excluding carboxylic acids is 2. The standard InChI is InChI=1S/C28H34N2O6/c1-3-16-36-23-7-4-6-21(19-23)25-24(26(31)20-8-10-22(34-2)11-9-20)27(32)28(33)30(25)13-5-12-29-14-17-35-18-15-29/h4,6-11,19,25,31H,3,5,12-18H2,1-2H3/b26-24+. The maximum atomic E-state index is 13.3. The van der Waals surface area contributed by atoms with Crippen LogP contribution in [0.2, 0.25) is 0 Å². The molecule has 36 heavy (non-hydrogen) atoms. The van der Waals surface area contributed by atoms with Gasteiger partial charge in [0.2, 0.25) is 0 Å². The van der Waals surface area contributed by atoms with Gasteiger partial charge in [0.1, 0.15) is 17.3 Å². The van der Waals surface area contributed by atoms with Crippen LogP contribution >= 0.6 is 0 Å². The fourth-order valence-corrected chi connectivity index (χ4v) is 4.65. The lowest BCUT2D eigenvalue weighted by molar-refractivity contribution is -0.140. The molecule has 0 saturated carbocycles. The summed E-state index contributed by atoms with van der Waals surface area (Å²) in [6.07, 6.45) is 1.57. The van der Waals surface area contributed by atoms with Crippen molar-refractivity contribution in [2.24, 2.45) is 0 Å². The fraction of sp³-hybridized carbons (Fsp3) is 0.429. The molecule has 1 unspecified atom stereocenters. The molecule has 2 fully saturated rings. The number of rotatable bonds is 10. The average Bonchev–Trinajstić information content (AvgIpc) is 3.17. The van der Waals surface area contributed by atoms with Crippen LogP contribution in [0.3, 0.4) is 0 Å². The van der Waals surface area contributed by atoms with Gasteiger partial charge in [-0.3, -0.25) is 14.5 Å². The van der Waals surface area contributed by atoms with E-state index in [1.165, 1.54) is 0 Å². The van der Waals surface area contributed by atoms with Crippen molar-refractivity contribution in [1.82, 2.24) is 9.80 Å². The van der Waals surface area contributed by atoms with Crippen LogP contribution in [0.1, 0.15) is 36.9 Å². The molecule has 4 rings (SSSR count). The molecule has 0 aliphatic carbocycles. The van der Waals surface area contributed by atoms with E-state index in [2.05, 4.69) is 4.90 Å². The number of benzene rings is 2. The van der Waals surface area contributed by atoms with Gasteiger partial charge in [0.05, 0.1) is 38.5 Å². The SMILES string of the molecule is CCCOc1cccc(C2/C(=C(\O)c3ccc(OC)cc3)C(=O)C(=O)N2CCCN2CCOCC2)c1. The smallest absolute Gasteiger partial charge is 0.295 e. The van der Waals surface area contributed by atoms with Crippen molar-refractivity contribution in [3.63, 3.8) is 0 Å². The third-order valence-electron chi connectivity index (χ3n) is 6.53. The van der Waals surface area contributed by atoms with Crippen molar-refractivity contribution in [3.05, 3.63) is 65.2 Å². The van der Waals surface area contributed by atoms with E-state index in [0.29, 0.717) is 49.8 Å². The van der Waals surface area contributed by atoms with Gasteiger partial charge in [0.25, 0.3) is 11.7 Å². The minimum atomic E-state index is -0.707. The number of Topliss-reactive ketones (excluding diaryl/α,β-unsaturated/α-hetero) is 1. The van der Waals surface area contributed by atoms with Gasteiger partial charge in [0.15, 0.2) is 0 Å². The van der Waals surface area contributed by atoms with Gasteiger partial charge >= 0.3 is 0 Å². The van der Waals surface area contributed by atoms with E-state index >= 15 is 0 Å². The van der Waals surface area contributed by atoms with Gasteiger partial charge in [-0.1, -0.05) is 19.1 Å². The molecule has 0 spiro atoms. The maximum Gasteiger partial charge on any atom is 0.295 e. The Balaban J connectivity index is 1.67. The summed E-state index contributed by atoms with van der Waals surface area (Å²) in [5.41, 5.74) is 1.26. The Morgan fingerprint density at radius 1 is 1.06 bits per heavy atom. The van der Waals surface area contributed by atoms with Crippen molar-refractivity contribution in [2.75, 3.05) is 53.1 Å². The van der Waals surface area contributed by atoms with Crippen LogP contribution < -0.4 is 9.47 Å². The van der Waals surface area contributed by atoms with E-state index in [-0.39, 0.29) is 11.3 Å². The minimum Gasteiger partial charge on any atom is -0.507 e. The van der Waals surface area contributed by atoms with Crippen molar-refractivity contribution in [2.45, 2.75) is 25.8 Å². The highest BCUT2D eigenvalue weighted by molar-refractivity contribution is 6.46. The van der Waals surface area contributed by atoms with Gasteiger partial charge < -0.3 is 24.2 Å². The number of hydrogen-bond donors (Lipinski definition) is 1. The van der Waals surface area contributed by atoms with Crippen LogP contribution in [-0.2, 0) is 14.3 Å². The first kappa shape index (κ1) is 25.7. The van der Waals surface area contributed by atoms with Crippen molar-refractivity contribution in [1.29, 1.82) is 0 Å². The predicted octanol–water partition coefficient (Wildman–Crippen LogP) is 3.63. The number of hydrogen-bond acceptors (Lipinski definition) is 7. The van der Waals surface area contributed by atoms with E-state index in [4.69, 9.17) is 14.2 Å². The summed E-state index contributed by atoms with van der Waals surface area (Å²) in [4.78, 5) is 30.4. The summed E-state index contributed by atoms with van der Waals surface area (Å²) in [7, 11) is 1.56. The van der Waals surface area contributed by atoms with Gasteiger partial charge in [-0.25, -0.2) is 0 Å². The van der Waals surface area contributed by atoms with Gasteiger partial charge in [-0.2, -0.15) is 0 Å². The Bertz CT molecular complexity index is 1090. The molecular formula is C28H34N2O6. The van der Waals surface area contributed by atoms with Crippen LogP contribution in [0.15, 0.2) is 54.1 Å². The molecule has 1 amide bonds. The van der Waals surface area contributed by atoms with Crippen molar-refractivity contribution >= 4 is 17.4 Å². The fourth-order valence-electron chi connectivity index (χ4n) is 4.65. The molecule has 2 heterocycles. The zero-order valence-corrected chi connectivity index (χ0v) is 20.9. The summed E-state index contributed by atoms with van der Waals surface area (Å²) in [6, 6.07) is 13.5. The van der Waals surface area contributed by atoms with Gasteiger partial charge in [-0.05, 0) is 54.8 Å². The van der Waals surface area contributed by atoms with Crippen LogP contribution in [0.25, 0.3) is 5.76 Å². The molecule has 2 aromatic carbocycles. The number of ketones is 1. The minimum absolute atomic E-state index is 0.0872. The Kier molecular flexibility index (Phi) is 8.61. The highest BCUT2D eigenvalue weighted by atomic mass is 16.5. The monoisotopic (exact) mass is 494 g/mol. The molecule has 1 N–H and O–H groups in total. The number of aliphatic hydroxyl groups excluding tert-OH is 1. The number of likely N-dealkylation sites (tertiary alicyclic amines) is 1. The lowest BCUT2D eigenvalue weighted by atomic mass is 9.95. The van der Waals surface area contributed by atoms with E-state index in [0.717, 1.165) is 31.6 Å². The summed E-state index contributed by atoms with van der Waals surface area (Å²) in [5, 5.41) is 11.2. The highest BCUT2D eigenvalue weighted by Crippen LogP contribution is 2.40. The van der Waals surface area contributed by atoms with Gasteiger partial charge in [0, 0.05) is 31.7 Å². The van der Waals surface area contributed by atoms with Crippen LogP contribution in [0, 0.1) is 0 Å². The highest BCUT2D eigenvalue weighted by Gasteiger charge is 2.46. The van der Waals surface area contributed by atoms with E-state index in [1.807, 2.05) is 31.2 Å². The van der Waals surface area contributed by atoms with Crippen LogP contribution in [0.4, 0.5) is 0 Å². The van der Waals surface area contributed by atoms with E-state index < -0.39 is 17.7 Å². The molecule has 2 aliphatic rings. The van der Waals surface area contributed by atoms with Crippen LogP contribution in [-0.4, -0.2) is 79.7 Å². The second-order valence-electron chi connectivity index (χ2n) is 8.95. The zero-order chi connectivity index (χ0) is 25.5. The lowest BCUT2D eigenvalue weighted by Gasteiger charge is -2.29. The molecule has 1 atom stereocenters. The number of amides is 1. The summed E-state index contributed by atoms with van der Waals surface area (Å²) < 4.78 is 16.4. The quantitative estimate of drug-likeness (QED) is 0.307. The number of methoxy groups -OCH3 is 1. The first-order valence-electron chi connectivity index (χ1n) is 12.5. The molecular weight excluding hydrogens is 460 g/mol. The molecule has 2 aromatic rings. The average molecular weight is 495 g/mol. The Morgan fingerprint density at radius 3 is 2.50 bits per heavy atom. The summed E-state index contributed by atoms with van der Waals surface area (Å²) in [6.45, 7) is 6.92. The normalized spacial score (nSPS) is 20.1. The third-order valence-corrected chi connectivity index (χ3v) is 6.53. The number of carbonyl (C=O) groups is 2. The maximum absolute atomic E-state index is 13.3. The molecule has 2 aliphatic heterocycles. The van der Waals surface area contributed by atoms with Crippen molar-refractivity contribution < 1.29 is 28.9 Å². The molecule has 2 saturated heterocycles. The molecule has 8 nitrogen and oxygen atoms in total.